The second kappa shape index (κ2) is 6.30. The second-order valence-corrected chi connectivity index (χ2v) is 5.79. The molecule has 0 atom stereocenters. The molecule has 5 nitrogen and oxygen atoms in total. The summed E-state index contributed by atoms with van der Waals surface area (Å²) in [4.78, 5) is 13.2. The van der Waals surface area contributed by atoms with Crippen molar-refractivity contribution in [1.29, 1.82) is 0 Å². The molecule has 4 rings (SSSR count). The molecule has 0 spiro atoms. The Morgan fingerprint density at radius 1 is 1.00 bits per heavy atom. The number of hydrogen-bond acceptors (Lipinski definition) is 4. The molecule has 0 saturated carbocycles. The van der Waals surface area contributed by atoms with Crippen molar-refractivity contribution in [3.63, 3.8) is 0 Å². The predicted octanol–water partition coefficient (Wildman–Crippen LogP) is 2.93. The zero-order chi connectivity index (χ0) is 15.5. The first kappa shape index (κ1) is 14.1. The van der Waals surface area contributed by atoms with Crippen LogP contribution in [0.5, 0.6) is 0 Å². The maximum Gasteiger partial charge on any atom is 0.116 e. The van der Waals surface area contributed by atoms with Crippen LogP contribution >= 0.6 is 0 Å². The highest BCUT2D eigenvalue weighted by Gasteiger charge is 2.22. The minimum Gasteiger partial charge on any atom is -0.326 e. The average molecular weight is 305 g/mol. The Kier molecular flexibility index (Phi) is 3.86. The van der Waals surface area contributed by atoms with Gasteiger partial charge >= 0.3 is 0 Å². The zero-order valence-corrected chi connectivity index (χ0v) is 12.9. The normalized spacial score (nSPS) is 15.7. The van der Waals surface area contributed by atoms with Crippen molar-refractivity contribution >= 4 is 0 Å². The van der Waals surface area contributed by atoms with Crippen LogP contribution in [0.4, 0.5) is 0 Å². The minimum absolute atomic E-state index is 0.464. The SMILES string of the molecule is c1ccc(-c2ncn(C3CCNCC3)c2-c2ccncn2)cc1. The van der Waals surface area contributed by atoms with Crippen molar-refractivity contribution in [2.45, 2.75) is 18.9 Å². The molecule has 0 bridgehead atoms. The molecule has 0 amide bonds. The number of nitrogens with zero attached hydrogens (tertiary/aromatic N) is 4. The number of piperidine rings is 1. The van der Waals surface area contributed by atoms with Crippen LogP contribution in [0, 0.1) is 0 Å². The van der Waals surface area contributed by atoms with Crippen LogP contribution in [-0.2, 0) is 0 Å². The number of aromatic nitrogens is 4. The summed E-state index contributed by atoms with van der Waals surface area (Å²) < 4.78 is 2.30. The molecule has 1 aromatic carbocycles. The highest BCUT2D eigenvalue weighted by Crippen LogP contribution is 2.33. The van der Waals surface area contributed by atoms with Crippen molar-refractivity contribution < 1.29 is 0 Å². The van der Waals surface area contributed by atoms with E-state index in [1.54, 1.807) is 12.5 Å². The Morgan fingerprint density at radius 2 is 1.83 bits per heavy atom. The summed E-state index contributed by atoms with van der Waals surface area (Å²) >= 11 is 0. The first-order valence-corrected chi connectivity index (χ1v) is 8.03. The fraction of sp³-hybridized carbons (Fsp3) is 0.278. The molecule has 2 aromatic heterocycles. The molecule has 1 fully saturated rings. The van der Waals surface area contributed by atoms with Crippen LogP contribution in [0.25, 0.3) is 22.6 Å². The first-order valence-electron chi connectivity index (χ1n) is 8.03. The van der Waals surface area contributed by atoms with Gasteiger partial charge in [-0.15, -0.1) is 0 Å². The van der Waals surface area contributed by atoms with E-state index >= 15 is 0 Å². The summed E-state index contributed by atoms with van der Waals surface area (Å²) in [5, 5.41) is 3.42. The van der Waals surface area contributed by atoms with Crippen molar-refractivity contribution in [2.75, 3.05) is 13.1 Å². The first-order chi connectivity index (χ1) is 11.4. The highest BCUT2D eigenvalue weighted by atomic mass is 15.1. The molecular weight excluding hydrogens is 286 g/mol. The zero-order valence-electron chi connectivity index (χ0n) is 12.9. The van der Waals surface area contributed by atoms with Crippen molar-refractivity contribution in [1.82, 2.24) is 24.8 Å². The van der Waals surface area contributed by atoms with Crippen molar-refractivity contribution in [3.8, 4) is 22.6 Å². The third kappa shape index (κ3) is 2.75. The molecule has 1 aliphatic heterocycles. The van der Waals surface area contributed by atoms with E-state index in [4.69, 9.17) is 4.98 Å². The van der Waals surface area contributed by atoms with Crippen molar-refractivity contribution in [3.05, 3.63) is 55.2 Å². The van der Waals surface area contributed by atoms with Crippen LogP contribution in [0.15, 0.2) is 55.2 Å². The van der Waals surface area contributed by atoms with E-state index in [2.05, 4.69) is 32.0 Å². The van der Waals surface area contributed by atoms with Gasteiger partial charge in [-0.2, -0.15) is 0 Å². The van der Waals surface area contributed by atoms with Gasteiger partial charge in [0, 0.05) is 17.8 Å². The molecule has 0 unspecified atom stereocenters. The van der Waals surface area contributed by atoms with E-state index in [-0.39, 0.29) is 0 Å². The van der Waals surface area contributed by atoms with Gasteiger partial charge in [-0.05, 0) is 32.0 Å². The highest BCUT2D eigenvalue weighted by molar-refractivity contribution is 5.76. The second-order valence-electron chi connectivity index (χ2n) is 5.79. The van der Waals surface area contributed by atoms with Gasteiger partial charge in [-0.25, -0.2) is 15.0 Å². The van der Waals surface area contributed by atoms with Gasteiger partial charge in [0.2, 0.25) is 0 Å². The van der Waals surface area contributed by atoms with E-state index in [0.29, 0.717) is 6.04 Å². The van der Waals surface area contributed by atoms with Crippen LogP contribution in [-0.4, -0.2) is 32.6 Å². The maximum atomic E-state index is 4.72. The number of imidazole rings is 1. The Bertz CT molecular complexity index is 761. The molecule has 1 N–H and O–H groups in total. The van der Waals surface area contributed by atoms with Gasteiger partial charge in [0.25, 0.3) is 0 Å². The lowest BCUT2D eigenvalue weighted by atomic mass is 10.0. The summed E-state index contributed by atoms with van der Waals surface area (Å²) in [7, 11) is 0. The topological polar surface area (TPSA) is 55.6 Å². The van der Waals surface area contributed by atoms with Crippen LogP contribution < -0.4 is 5.32 Å². The molecule has 116 valence electrons. The molecule has 3 heterocycles. The summed E-state index contributed by atoms with van der Waals surface area (Å²) in [6, 6.07) is 12.7. The summed E-state index contributed by atoms with van der Waals surface area (Å²) in [6.45, 7) is 2.10. The average Bonchev–Trinajstić information content (AvgIpc) is 3.09. The third-order valence-electron chi connectivity index (χ3n) is 4.37. The monoisotopic (exact) mass is 305 g/mol. The van der Waals surface area contributed by atoms with E-state index in [1.165, 1.54) is 0 Å². The molecule has 0 radical (unpaired) electrons. The quantitative estimate of drug-likeness (QED) is 0.808. The standard InChI is InChI=1S/C18H19N5/c1-2-4-14(5-3-1)17-18(16-8-11-20-12-21-16)23(13-22-17)15-6-9-19-10-7-15/h1-5,8,11-13,15,19H,6-7,9-10H2. The third-order valence-corrected chi connectivity index (χ3v) is 4.37. The van der Waals surface area contributed by atoms with Crippen molar-refractivity contribution in [2.24, 2.45) is 0 Å². The van der Waals surface area contributed by atoms with Crippen LogP contribution in [0.1, 0.15) is 18.9 Å². The van der Waals surface area contributed by atoms with Gasteiger partial charge in [-0.1, -0.05) is 30.3 Å². The van der Waals surface area contributed by atoms with E-state index in [0.717, 1.165) is 48.6 Å². The fourth-order valence-corrected chi connectivity index (χ4v) is 3.21. The van der Waals surface area contributed by atoms with Gasteiger partial charge in [-0.3, -0.25) is 0 Å². The summed E-state index contributed by atoms with van der Waals surface area (Å²) in [6.07, 6.45) is 7.59. The number of benzene rings is 1. The Morgan fingerprint density at radius 3 is 2.57 bits per heavy atom. The van der Waals surface area contributed by atoms with E-state index in [9.17, 15) is 0 Å². The van der Waals surface area contributed by atoms with Gasteiger partial charge in [0.05, 0.1) is 23.4 Å². The molecular formula is C18H19N5. The predicted molar refractivity (Wildman–Crippen MR) is 89.8 cm³/mol. The molecule has 3 aromatic rings. The van der Waals surface area contributed by atoms with Gasteiger partial charge in [0.1, 0.15) is 6.33 Å². The number of nitrogens with one attached hydrogen (secondary N) is 1. The lowest BCUT2D eigenvalue weighted by Gasteiger charge is -2.25. The molecule has 0 aliphatic carbocycles. The fourth-order valence-electron chi connectivity index (χ4n) is 3.21. The lowest BCUT2D eigenvalue weighted by Crippen LogP contribution is -2.29. The van der Waals surface area contributed by atoms with Crippen LogP contribution in [0.3, 0.4) is 0 Å². The van der Waals surface area contributed by atoms with Gasteiger partial charge < -0.3 is 9.88 Å². The Labute approximate surface area is 135 Å². The molecule has 1 aliphatic rings. The largest absolute Gasteiger partial charge is 0.326 e. The number of rotatable bonds is 3. The molecule has 1 saturated heterocycles. The molecule has 5 heteroatoms. The Balaban J connectivity index is 1.85. The molecule has 23 heavy (non-hydrogen) atoms. The van der Waals surface area contributed by atoms with E-state index in [1.807, 2.05) is 30.6 Å². The van der Waals surface area contributed by atoms with E-state index < -0.39 is 0 Å². The Hall–Kier alpha value is -2.53. The van der Waals surface area contributed by atoms with Gasteiger partial charge in [0.15, 0.2) is 0 Å². The number of hydrogen-bond donors (Lipinski definition) is 1. The van der Waals surface area contributed by atoms with Crippen LogP contribution in [0.2, 0.25) is 0 Å². The summed E-state index contributed by atoms with van der Waals surface area (Å²) in [5.41, 5.74) is 4.12. The minimum atomic E-state index is 0.464. The smallest absolute Gasteiger partial charge is 0.116 e. The lowest BCUT2D eigenvalue weighted by molar-refractivity contribution is 0.370. The maximum absolute atomic E-state index is 4.72. The summed E-state index contributed by atoms with van der Waals surface area (Å²) in [5.74, 6) is 0.